The lowest BCUT2D eigenvalue weighted by Gasteiger charge is -2.39. The van der Waals surface area contributed by atoms with Crippen molar-refractivity contribution in [1.29, 1.82) is 0 Å². The highest BCUT2D eigenvalue weighted by molar-refractivity contribution is 7.48. The minimum Gasteiger partial charge on any atom is -0.618 e. The summed E-state index contributed by atoms with van der Waals surface area (Å²) in [5.74, 6) is 2.41. The third kappa shape index (κ3) is 13.9. The predicted molar refractivity (Wildman–Crippen MR) is 343 cm³/mol. The quantitative estimate of drug-likeness (QED) is 0.00922. The second-order valence-electron chi connectivity index (χ2n) is 22.1. The standard InChI is InChI=1S/C68H67N8O18P/c1-43-39-75(66(80)71-63(43)78)60-38-56(93-68(45-15-11-8-12-16-45,48-21-29-53(85-4)30-22-48)49-23-31-54(86-5)32-24-49)57(91-60)42-90-95(82,89-40-50-37-55(87-6)33-36-76(50)81)94-62-58(92-64(61(62)72-73-69)74-35-34-59(77)70-65(74)79)41-88-67(44-13-9-7-10-14-44,46-17-25-51(83-2)26-18-46)47-19-27-52(84-3)28-20-47/h7-37,39,56-58,60-62,64H,38,40-42H2,1-6H3,(H,70,77,79)(H,71,78,80)/t56-,57+,58+,60+,61+,62+,64+,95?/m0/s1. The van der Waals surface area contributed by atoms with Crippen LogP contribution in [0.1, 0.15) is 63.5 Å². The molecule has 0 saturated carbocycles. The molecule has 26 nitrogen and oxygen atoms in total. The van der Waals surface area contributed by atoms with Gasteiger partial charge in [-0.25, -0.2) is 14.2 Å². The Labute approximate surface area is 543 Å². The summed E-state index contributed by atoms with van der Waals surface area (Å²) in [5.41, 5.74) is 7.94. The van der Waals surface area contributed by atoms with Crippen LogP contribution in [0, 0.1) is 12.1 Å². The SMILES string of the molecule is COc1ccc(C(OC[C@H]2O[C@@H](n3ccc(=O)[nH]c3=O)[C@H](N=[N+]=[N-])[C@@H]2OP(=O)(OCc2cc(OC)cc[n+]2[O-])OC[C@H]2O[C@@H](n3cc(C)c(=O)[nH]c3=O)C[C@@H]2OC(c2ccccc2)(c2ccc(OC)cc2)c2ccc(OC)cc2)(c2ccccc2)c2ccc(OC)cc2)cc1. The minimum atomic E-state index is -5.37. The van der Waals surface area contributed by atoms with E-state index in [1.165, 1.54) is 51.1 Å². The van der Waals surface area contributed by atoms with Gasteiger partial charge in [-0.2, -0.15) is 4.73 Å². The first-order chi connectivity index (χ1) is 46.0. The second-order valence-corrected chi connectivity index (χ2v) is 23.7. The van der Waals surface area contributed by atoms with Crippen molar-refractivity contribution >= 4 is 7.82 Å². The van der Waals surface area contributed by atoms with Crippen LogP contribution >= 0.6 is 7.82 Å². The smallest absolute Gasteiger partial charge is 0.475 e. The Morgan fingerprint density at radius 3 is 1.64 bits per heavy atom. The van der Waals surface area contributed by atoms with Crippen LogP contribution in [-0.4, -0.2) is 98.3 Å². The van der Waals surface area contributed by atoms with Crippen molar-refractivity contribution < 1.29 is 65.5 Å². The number of hydrogen-bond donors (Lipinski definition) is 2. The fourth-order valence-corrected chi connectivity index (χ4v) is 13.2. The van der Waals surface area contributed by atoms with E-state index < -0.39 is 104 Å². The number of rotatable bonds is 27. The fraction of sp³-hybridized carbons (Fsp3) is 0.279. The van der Waals surface area contributed by atoms with E-state index in [1.54, 1.807) is 62.8 Å². The van der Waals surface area contributed by atoms with E-state index in [0.29, 0.717) is 61.1 Å². The van der Waals surface area contributed by atoms with Gasteiger partial charge >= 0.3 is 19.2 Å². The summed E-state index contributed by atoms with van der Waals surface area (Å²) in [4.78, 5) is 60.9. The maximum atomic E-state index is 16.5. The van der Waals surface area contributed by atoms with Crippen LogP contribution in [0.5, 0.6) is 28.7 Å². The zero-order chi connectivity index (χ0) is 66.9. The molecule has 2 aliphatic rings. The molecule has 2 aliphatic heterocycles. The van der Waals surface area contributed by atoms with Crippen molar-refractivity contribution in [2.75, 3.05) is 48.8 Å². The van der Waals surface area contributed by atoms with Gasteiger partial charge in [0.2, 0.25) is 5.69 Å². The molecule has 0 aliphatic carbocycles. The van der Waals surface area contributed by atoms with Gasteiger partial charge in [-0.1, -0.05) is 114 Å². The highest BCUT2D eigenvalue weighted by atomic mass is 31.2. The highest BCUT2D eigenvalue weighted by Gasteiger charge is 2.53. The molecule has 2 N–H and O–H groups in total. The Balaban J connectivity index is 1.05. The van der Waals surface area contributed by atoms with Crippen LogP contribution < -0.4 is 50.9 Å². The maximum absolute atomic E-state index is 16.5. The molecule has 3 aromatic heterocycles. The molecule has 9 aromatic rings. The average Bonchev–Trinajstić information content (AvgIpc) is 1.73. The first kappa shape index (κ1) is 66.3. The van der Waals surface area contributed by atoms with E-state index in [0.717, 1.165) is 23.0 Å². The van der Waals surface area contributed by atoms with Crippen molar-refractivity contribution in [3.8, 4) is 28.7 Å². The van der Waals surface area contributed by atoms with E-state index in [2.05, 4.69) is 20.0 Å². The minimum absolute atomic E-state index is 0.109. The average molecular weight is 1320 g/mol. The summed E-state index contributed by atoms with van der Waals surface area (Å²) in [6.45, 7) is -0.511. The van der Waals surface area contributed by atoms with Crippen molar-refractivity contribution in [2.45, 2.75) is 74.1 Å². The summed E-state index contributed by atoms with van der Waals surface area (Å²) in [6, 6.07) is 49.5. The fourth-order valence-electron chi connectivity index (χ4n) is 11.8. The summed E-state index contributed by atoms with van der Waals surface area (Å²) in [6.07, 6.45) is -5.04. The van der Waals surface area contributed by atoms with Crippen molar-refractivity contribution in [1.82, 2.24) is 19.1 Å². The van der Waals surface area contributed by atoms with Gasteiger partial charge in [0.15, 0.2) is 6.20 Å². The van der Waals surface area contributed by atoms with E-state index in [1.807, 2.05) is 109 Å². The third-order valence-electron chi connectivity index (χ3n) is 16.6. The van der Waals surface area contributed by atoms with Crippen LogP contribution in [0.2, 0.25) is 0 Å². The van der Waals surface area contributed by atoms with E-state index in [4.69, 9.17) is 56.2 Å². The molecule has 95 heavy (non-hydrogen) atoms. The number of benzene rings is 6. The van der Waals surface area contributed by atoms with Crippen LogP contribution in [0.15, 0.2) is 219 Å². The topological polar surface area (TPSA) is 313 Å². The molecule has 0 bridgehead atoms. The predicted octanol–water partition coefficient (Wildman–Crippen LogP) is 9.05. The molecular weight excluding hydrogens is 1250 g/mol. The molecule has 2 fully saturated rings. The van der Waals surface area contributed by atoms with Crippen LogP contribution in [0.4, 0.5) is 0 Å². The number of nitrogens with zero attached hydrogens (tertiary/aromatic N) is 6. The number of azide groups is 1. The van der Waals surface area contributed by atoms with Crippen LogP contribution in [0.3, 0.4) is 0 Å². The van der Waals surface area contributed by atoms with Gasteiger partial charge in [-0.3, -0.25) is 42.3 Å². The zero-order valence-corrected chi connectivity index (χ0v) is 53.2. The number of aromatic amines is 2. The number of pyridine rings is 1. The van der Waals surface area contributed by atoms with Crippen LogP contribution in [-0.2, 0) is 54.9 Å². The molecule has 0 amide bonds. The molecule has 11 rings (SSSR count). The molecule has 8 atom stereocenters. The molecule has 5 heterocycles. The van der Waals surface area contributed by atoms with E-state index in [-0.39, 0.29) is 23.4 Å². The largest absolute Gasteiger partial charge is 0.618 e. The number of methoxy groups -OCH3 is 5. The van der Waals surface area contributed by atoms with E-state index in [9.17, 15) is 29.9 Å². The zero-order valence-electron chi connectivity index (χ0n) is 52.3. The third-order valence-corrected chi connectivity index (χ3v) is 18.0. The van der Waals surface area contributed by atoms with Gasteiger partial charge in [0, 0.05) is 41.4 Å². The van der Waals surface area contributed by atoms with Crippen LogP contribution in [0.25, 0.3) is 10.4 Å². The summed E-state index contributed by atoms with van der Waals surface area (Å²) < 4.78 is 94.9. The molecule has 1 unspecified atom stereocenters. The normalized spacial score (nSPS) is 19.3. The summed E-state index contributed by atoms with van der Waals surface area (Å²) in [5, 5.41) is 17.7. The maximum Gasteiger partial charge on any atom is 0.475 e. The van der Waals surface area contributed by atoms with Gasteiger partial charge in [-0.05, 0) is 94.4 Å². The number of nitrogens with one attached hydrogen (secondary N) is 2. The molecule has 6 aromatic carbocycles. The van der Waals surface area contributed by atoms with E-state index >= 15 is 4.57 Å². The first-order valence-corrected chi connectivity index (χ1v) is 31.3. The monoisotopic (exact) mass is 1310 g/mol. The molecule has 0 spiro atoms. The number of aryl methyl sites for hydroxylation is 1. The molecule has 0 radical (unpaired) electrons. The van der Waals surface area contributed by atoms with Crippen molar-refractivity contribution in [3.05, 3.63) is 296 Å². The Morgan fingerprint density at radius 2 is 1.13 bits per heavy atom. The Hall–Kier alpha value is -10.1. The van der Waals surface area contributed by atoms with Gasteiger partial charge in [0.1, 0.15) is 83.4 Å². The molecule has 27 heteroatoms. The van der Waals surface area contributed by atoms with Crippen molar-refractivity contribution in [3.63, 3.8) is 0 Å². The molecule has 2 saturated heterocycles. The lowest BCUT2D eigenvalue weighted by atomic mass is 9.79. The molecular formula is C68H67N8O18P. The van der Waals surface area contributed by atoms with Gasteiger partial charge in [0.25, 0.3) is 11.1 Å². The lowest BCUT2D eigenvalue weighted by molar-refractivity contribution is -0.616. The number of hydrogen-bond acceptors (Lipinski definition) is 19. The number of phosphoric acid groups is 1. The van der Waals surface area contributed by atoms with Gasteiger partial charge in [0.05, 0.1) is 60.9 Å². The Bertz CT molecular complexity index is 4360. The number of H-pyrrole nitrogens is 2. The van der Waals surface area contributed by atoms with Gasteiger partial charge < -0.3 is 47.8 Å². The Morgan fingerprint density at radius 1 is 0.621 bits per heavy atom. The lowest BCUT2D eigenvalue weighted by Crippen LogP contribution is -2.41. The van der Waals surface area contributed by atoms with Gasteiger partial charge in [-0.15, -0.1) is 0 Å². The second kappa shape index (κ2) is 29.0. The number of ether oxygens (including phenoxy) is 9. The molecule has 492 valence electrons. The first-order valence-electron chi connectivity index (χ1n) is 29.9. The number of aromatic nitrogens is 5. The number of phosphoric ester groups is 1. The van der Waals surface area contributed by atoms with Crippen molar-refractivity contribution in [2.24, 2.45) is 5.11 Å². The highest BCUT2D eigenvalue weighted by Crippen LogP contribution is 2.56. The summed E-state index contributed by atoms with van der Waals surface area (Å²) in [7, 11) is 2.17. The summed E-state index contributed by atoms with van der Waals surface area (Å²) >= 11 is 0. The Kier molecular flexibility index (Phi) is 20.3.